The molecule has 0 saturated carbocycles. The summed E-state index contributed by atoms with van der Waals surface area (Å²) in [5.74, 6) is 1.01. The third kappa shape index (κ3) is 4.07. The van der Waals surface area contributed by atoms with Crippen molar-refractivity contribution in [3.05, 3.63) is 29.9 Å². The van der Waals surface area contributed by atoms with Crippen molar-refractivity contribution < 1.29 is 0 Å². The predicted octanol–water partition coefficient (Wildman–Crippen LogP) is 3.62. The van der Waals surface area contributed by atoms with Crippen LogP contribution in [0.3, 0.4) is 0 Å². The van der Waals surface area contributed by atoms with E-state index in [1.54, 1.807) is 0 Å². The second-order valence-corrected chi connectivity index (χ2v) is 3.58. The van der Waals surface area contributed by atoms with Gasteiger partial charge in [0, 0.05) is 13.0 Å². The molecule has 3 heteroatoms. The van der Waals surface area contributed by atoms with Crippen molar-refractivity contribution in [1.82, 2.24) is 9.55 Å². The number of imidazole rings is 1. The highest BCUT2D eigenvalue weighted by molar-refractivity contribution is 5.28. The van der Waals surface area contributed by atoms with E-state index < -0.39 is 0 Å². The average Bonchev–Trinajstić information content (AvgIpc) is 2.67. The summed E-state index contributed by atoms with van der Waals surface area (Å²) in [6, 6.07) is 2.12. The van der Waals surface area contributed by atoms with Gasteiger partial charge in [-0.1, -0.05) is 33.3 Å². The van der Waals surface area contributed by atoms with Crippen LogP contribution in [0.25, 0.3) is 0 Å². The summed E-state index contributed by atoms with van der Waals surface area (Å²) in [5, 5.41) is 8.90. The average molecular weight is 233 g/mol. The maximum Gasteiger partial charge on any atom is 0.161 e. The summed E-state index contributed by atoms with van der Waals surface area (Å²) in [4.78, 5) is 4.34. The highest BCUT2D eigenvalue weighted by atomic mass is 15.1. The lowest BCUT2D eigenvalue weighted by molar-refractivity contribution is 0.675. The van der Waals surface area contributed by atoms with E-state index in [9.17, 15) is 0 Å². The van der Waals surface area contributed by atoms with Gasteiger partial charge in [0.15, 0.2) is 5.69 Å². The van der Waals surface area contributed by atoms with Crippen molar-refractivity contribution in [3.63, 3.8) is 0 Å². The maximum atomic E-state index is 8.90. The summed E-state index contributed by atoms with van der Waals surface area (Å²) >= 11 is 0. The standard InChI is InChI=1S/C12H17N3.C2H6/c1-4-6-7-12-14-11(9-13)10(3)15(12)8-5-2;1-2/h5H,2,4,6-8H2,1,3H3;1-2H3. The number of nitriles is 1. The highest BCUT2D eigenvalue weighted by Gasteiger charge is 2.11. The lowest BCUT2D eigenvalue weighted by atomic mass is 10.2. The van der Waals surface area contributed by atoms with Gasteiger partial charge in [0.2, 0.25) is 0 Å². The van der Waals surface area contributed by atoms with Crippen molar-refractivity contribution >= 4 is 0 Å². The Bertz CT molecular complexity index is 383. The molecule has 0 spiro atoms. The fraction of sp³-hybridized carbons (Fsp3) is 0.571. The largest absolute Gasteiger partial charge is 0.327 e. The first-order chi connectivity index (χ1) is 8.24. The minimum absolute atomic E-state index is 0.544. The van der Waals surface area contributed by atoms with E-state index in [0.29, 0.717) is 5.69 Å². The minimum Gasteiger partial charge on any atom is -0.327 e. The van der Waals surface area contributed by atoms with Crippen LogP contribution in [0.2, 0.25) is 0 Å². The number of aromatic nitrogens is 2. The van der Waals surface area contributed by atoms with Crippen molar-refractivity contribution in [2.45, 2.75) is 53.5 Å². The van der Waals surface area contributed by atoms with Crippen LogP contribution in [0, 0.1) is 18.3 Å². The van der Waals surface area contributed by atoms with Gasteiger partial charge in [0.1, 0.15) is 11.9 Å². The Morgan fingerprint density at radius 2 is 2.12 bits per heavy atom. The van der Waals surface area contributed by atoms with Crippen LogP contribution in [0.15, 0.2) is 12.7 Å². The monoisotopic (exact) mass is 233 g/mol. The third-order valence-corrected chi connectivity index (χ3v) is 2.47. The van der Waals surface area contributed by atoms with Crippen LogP contribution in [0.1, 0.15) is 50.8 Å². The van der Waals surface area contributed by atoms with Crippen LogP contribution < -0.4 is 0 Å². The molecule has 94 valence electrons. The molecule has 3 nitrogen and oxygen atoms in total. The minimum atomic E-state index is 0.544. The van der Waals surface area contributed by atoms with Gasteiger partial charge in [-0.2, -0.15) is 5.26 Å². The zero-order valence-electron chi connectivity index (χ0n) is 11.5. The molecule has 1 heterocycles. The molecule has 0 N–H and O–H groups in total. The normalized spacial score (nSPS) is 9.12. The Kier molecular flexibility index (Phi) is 7.79. The summed E-state index contributed by atoms with van der Waals surface area (Å²) in [6.45, 7) is 12.5. The Balaban J connectivity index is 0.00000121. The number of hydrogen-bond acceptors (Lipinski definition) is 2. The Hall–Kier alpha value is -1.56. The quantitative estimate of drug-likeness (QED) is 0.729. The molecule has 0 aliphatic rings. The Morgan fingerprint density at radius 1 is 1.47 bits per heavy atom. The Labute approximate surface area is 105 Å². The van der Waals surface area contributed by atoms with Gasteiger partial charge in [-0.25, -0.2) is 4.98 Å². The van der Waals surface area contributed by atoms with Crippen molar-refractivity contribution in [2.24, 2.45) is 0 Å². The molecule has 0 unspecified atom stereocenters. The van der Waals surface area contributed by atoms with E-state index in [2.05, 4.69) is 29.1 Å². The Morgan fingerprint density at radius 3 is 2.59 bits per heavy atom. The number of rotatable bonds is 5. The van der Waals surface area contributed by atoms with Crippen LogP contribution in [-0.2, 0) is 13.0 Å². The maximum absolute atomic E-state index is 8.90. The van der Waals surface area contributed by atoms with Gasteiger partial charge >= 0.3 is 0 Å². The lowest BCUT2D eigenvalue weighted by Crippen LogP contribution is -2.04. The van der Waals surface area contributed by atoms with Crippen LogP contribution in [-0.4, -0.2) is 9.55 Å². The second kappa shape index (κ2) is 8.58. The van der Waals surface area contributed by atoms with Crippen LogP contribution in [0.5, 0.6) is 0 Å². The van der Waals surface area contributed by atoms with Gasteiger partial charge in [0.25, 0.3) is 0 Å². The molecule has 1 aromatic rings. The van der Waals surface area contributed by atoms with Crippen LogP contribution >= 0.6 is 0 Å². The number of hydrogen-bond donors (Lipinski definition) is 0. The van der Waals surface area contributed by atoms with E-state index >= 15 is 0 Å². The fourth-order valence-corrected chi connectivity index (χ4v) is 1.59. The van der Waals surface area contributed by atoms with Crippen LogP contribution in [0.4, 0.5) is 0 Å². The third-order valence-electron chi connectivity index (χ3n) is 2.47. The van der Waals surface area contributed by atoms with E-state index in [-0.39, 0.29) is 0 Å². The smallest absolute Gasteiger partial charge is 0.161 e. The van der Waals surface area contributed by atoms with E-state index in [1.807, 2.05) is 26.8 Å². The van der Waals surface area contributed by atoms with Crippen molar-refractivity contribution in [2.75, 3.05) is 0 Å². The van der Waals surface area contributed by atoms with E-state index in [1.165, 1.54) is 0 Å². The lowest BCUT2D eigenvalue weighted by Gasteiger charge is -2.06. The second-order valence-electron chi connectivity index (χ2n) is 3.58. The molecule has 1 rings (SSSR count). The number of nitrogens with zero attached hydrogens (tertiary/aromatic N) is 3. The SMILES string of the molecule is C=CCn1c(CCCC)nc(C#N)c1C.CC. The zero-order valence-corrected chi connectivity index (χ0v) is 11.5. The molecule has 0 aliphatic carbocycles. The molecule has 17 heavy (non-hydrogen) atoms. The summed E-state index contributed by atoms with van der Waals surface area (Å²) < 4.78 is 2.07. The molecule has 0 aliphatic heterocycles. The topological polar surface area (TPSA) is 41.6 Å². The van der Waals surface area contributed by atoms with Gasteiger partial charge in [-0.05, 0) is 13.3 Å². The molecule has 0 atom stereocenters. The first-order valence-corrected chi connectivity index (χ1v) is 6.31. The molecular formula is C14H23N3. The highest BCUT2D eigenvalue weighted by Crippen LogP contribution is 2.12. The summed E-state index contributed by atoms with van der Waals surface area (Å²) in [6.07, 6.45) is 5.03. The van der Waals surface area contributed by atoms with Crippen molar-refractivity contribution in [3.8, 4) is 6.07 Å². The number of allylic oxidation sites excluding steroid dienone is 1. The molecule has 0 amide bonds. The molecule has 0 saturated heterocycles. The van der Waals surface area contributed by atoms with Crippen molar-refractivity contribution in [1.29, 1.82) is 5.26 Å². The van der Waals surface area contributed by atoms with E-state index in [0.717, 1.165) is 37.3 Å². The first-order valence-electron chi connectivity index (χ1n) is 6.31. The zero-order chi connectivity index (χ0) is 13.3. The van der Waals surface area contributed by atoms with Gasteiger partial charge in [-0.3, -0.25) is 0 Å². The van der Waals surface area contributed by atoms with E-state index in [4.69, 9.17) is 5.26 Å². The predicted molar refractivity (Wildman–Crippen MR) is 71.8 cm³/mol. The molecule has 0 aromatic carbocycles. The fourth-order valence-electron chi connectivity index (χ4n) is 1.59. The molecule has 0 bridgehead atoms. The van der Waals surface area contributed by atoms with Gasteiger partial charge in [0.05, 0.1) is 5.69 Å². The number of unbranched alkanes of at least 4 members (excludes halogenated alkanes) is 1. The molecule has 1 aromatic heterocycles. The molecule has 0 fully saturated rings. The summed E-state index contributed by atoms with van der Waals surface area (Å²) in [5.41, 5.74) is 1.49. The van der Waals surface area contributed by atoms with Gasteiger partial charge < -0.3 is 4.57 Å². The first kappa shape index (κ1) is 15.4. The molecular weight excluding hydrogens is 210 g/mol. The van der Waals surface area contributed by atoms with Gasteiger partial charge in [-0.15, -0.1) is 6.58 Å². The number of aryl methyl sites for hydroxylation is 1. The summed E-state index contributed by atoms with van der Waals surface area (Å²) in [7, 11) is 0. The molecule has 0 radical (unpaired) electrons.